The first-order valence-electron chi connectivity index (χ1n) is 9.03. The van der Waals surface area contributed by atoms with Gasteiger partial charge in [-0.15, -0.1) is 23.1 Å². The second kappa shape index (κ2) is 8.79. The van der Waals surface area contributed by atoms with Crippen LogP contribution < -0.4 is 15.6 Å². The molecule has 0 bridgehead atoms. The van der Waals surface area contributed by atoms with Gasteiger partial charge in [0.2, 0.25) is 5.91 Å². The van der Waals surface area contributed by atoms with Crippen molar-refractivity contribution in [1.29, 1.82) is 0 Å². The molecule has 3 aromatic rings. The Kier molecular flexibility index (Phi) is 6.41. The number of hydrogen-bond acceptors (Lipinski definition) is 6. The Hall–Kier alpha value is -2.32. The number of nitrogens with one attached hydrogen (secondary N) is 2. The number of carbonyl (C=O) groups excluding carboxylic acids is 1. The Balaban J connectivity index is 1.61. The number of H-pyrrole nitrogens is 1. The molecule has 1 atom stereocenters. The molecule has 3 rings (SSSR count). The van der Waals surface area contributed by atoms with E-state index in [0.29, 0.717) is 23.6 Å². The van der Waals surface area contributed by atoms with Crippen molar-refractivity contribution in [3.05, 3.63) is 50.9 Å². The molecule has 2 heterocycles. The van der Waals surface area contributed by atoms with Gasteiger partial charge in [0.1, 0.15) is 16.4 Å². The molecule has 0 saturated heterocycles. The maximum atomic E-state index is 12.4. The van der Waals surface area contributed by atoms with E-state index >= 15 is 0 Å². The highest BCUT2D eigenvalue weighted by Crippen LogP contribution is 2.26. The van der Waals surface area contributed by atoms with Gasteiger partial charge in [-0.3, -0.25) is 9.59 Å². The summed E-state index contributed by atoms with van der Waals surface area (Å²) in [6.45, 7) is 8.29. The topological polar surface area (TPSA) is 84.1 Å². The van der Waals surface area contributed by atoms with Gasteiger partial charge in [0.15, 0.2) is 0 Å². The van der Waals surface area contributed by atoms with Crippen LogP contribution >= 0.6 is 23.1 Å². The van der Waals surface area contributed by atoms with Crippen molar-refractivity contribution in [2.24, 2.45) is 0 Å². The Morgan fingerprint density at radius 3 is 2.71 bits per heavy atom. The highest BCUT2D eigenvalue weighted by Gasteiger charge is 2.16. The van der Waals surface area contributed by atoms with Crippen LogP contribution in [0.1, 0.15) is 30.1 Å². The fourth-order valence-electron chi connectivity index (χ4n) is 2.69. The van der Waals surface area contributed by atoms with Crippen LogP contribution in [0.4, 0.5) is 5.69 Å². The van der Waals surface area contributed by atoms with Crippen molar-refractivity contribution in [2.45, 2.75) is 38.7 Å². The van der Waals surface area contributed by atoms with Crippen molar-refractivity contribution in [1.82, 2.24) is 9.97 Å². The zero-order chi connectivity index (χ0) is 20.3. The molecule has 2 N–H and O–H groups in total. The lowest BCUT2D eigenvalue weighted by Gasteiger charge is -2.12. The summed E-state index contributed by atoms with van der Waals surface area (Å²) in [7, 11) is 0. The molecule has 0 fully saturated rings. The number of thiophene rings is 1. The van der Waals surface area contributed by atoms with Gasteiger partial charge in [-0.2, -0.15) is 0 Å². The van der Waals surface area contributed by atoms with Gasteiger partial charge in [-0.25, -0.2) is 4.98 Å². The number of ether oxygens (including phenoxy) is 1. The van der Waals surface area contributed by atoms with Crippen molar-refractivity contribution in [3.8, 4) is 5.75 Å². The first-order valence-corrected chi connectivity index (χ1v) is 10.9. The quantitative estimate of drug-likeness (QED) is 0.600. The second-order valence-electron chi connectivity index (χ2n) is 6.38. The average Bonchev–Trinajstić information content (AvgIpc) is 2.95. The van der Waals surface area contributed by atoms with E-state index < -0.39 is 0 Å². The number of aromatic nitrogens is 2. The fourth-order valence-corrected chi connectivity index (χ4v) is 4.50. The van der Waals surface area contributed by atoms with Crippen molar-refractivity contribution in [3.63, 3.8) is 0 Å². The van der Waals surface area contributed by atoms with Gasteiger partial charge >= 0.3 is 0 Å². The predicted octanol–water partition coefficient (Wildman–Crippen LogP) is 4.26. The summed E-state index contributed by atoms with van der Waals surface area (Å²) in [5.74, 6) is 1.72. The number of hydrogen-bond donors (Lipinski definition) is 2. The van der Waals surface area contributed by atoms with Gasteiger partial charge < -0.3 is 15.0 Å². The molecule has 0 spiro atoms. The number of fused-ring (bicyclic) bond motifs is 1. The van der Waals surface area contributed by atoms with Crippen LogP contribution in [0.2, 0.25) is 0 Å². The van der Waals surface area contributed by atoms with Gasteiger partial charge in [0, 0.05) is 10.6 Å². The highest BCUT2D eigenvalue weighted by molar-refractivity contribution is 7.99. The summed E-state index contributed by atoms with van der Waals surface area (Å²) in [5.41, 5.74) is 1.59. The molecule has 1 unspecified atom stereocenters. The number of carbonyl (C=O) groups is 1. The van der Waals surface area contributed by atoms with Gasteiger partial charge in [0.05, 0.1) is 23.0 Å². The number of aromatic amines is 1. The van der Waals surface area contributed by atoms with Gasteiger partial charge in [-0.05, 0) is 57.5 Å². The highest BCUT2D eigenvalue weighted by atomic mass is 32.2. The minimum atomic E-state index is -0.292. The van der Waals surface area contributed by atoms with E-state index in [2.05, 4.69) is 15.3 Å². The maximum Gasteiger partial charge on any atom is 0.259 e. The zero-order valence-corrected chi connectivity index (χ0v) is 17.9. The number of nitrogens with zero attached hydrogens (tertiary/aromatic N) is 1. The Morgan fingerprint density at radius 1 is 1.32 bits per heavy atom. The van der Waals surface area contributed by atoms with Crippen LogP contribution in [0.15, 0.2) is 29.1 Å². The molecule has 6 nitrogen and oxygen atoms in total. The van der Waals surface area contributed by atoms with Crippen molar-refractivity contribution in [2.75, 3.05) is 11.9 Å². The van der Waals surface area contributed by atoms with Crippen LogP contribution in [-0.2, 0) is 10.5 Å². The van der Waals surface area contributed by atoms with Crippen LogP contribution in [0, 0.1) is 13.8 Å². The Labute approximate surface area is 171 Å². The summed E-state index contributed by atoms with van der Waals surface area (Å²) in [5, 5.41) is 3.27. The Morgan fingerprint density at radius 2 is 2.04 bits per heavy atom. The van der Waals surface area contributed by atoms with Gasteiger partial charge in [-0.1, -0.05) is 0 Å². The third kappa shape index (κ3) is 4.56. The second-order valence-corrected chi connectivity index (χ2v) is 8.91. The number of anilines is 1. The summed E-state index contributed by atoms with van der Waals surface area (Å²) in [6, 6.07) is 7.28. The van der Waals surface area contributed by atoms with E-state index in [1.165, 1.54) is 23.1 Å². The summed E-state index contributed by atoms with van der Waals surface area (Å²) < 4.78 is 5.40. The molecule has 0 aliphatic rings. The normalized spacial score (nSPS) is 12.1. The molecular formula is C20H23N3O3S2. The number of amides is 1. The summed E-state index contributed by atoms with van der Waals surface area (Å²) >= 11 is 2.96. The molecule has 8 heteroatoms. The van der Waals surface area contributed by atoms with E-state index in [-0.39, 0.29) is 16.7 Å². The van der Waals surface area contributed by atoms with Crippen molar-refractivity contribution < 1.29 is 9.53 Å². The zero-order valence-electron chi connectivity index (χ0n) is 16.3. The lowest BCUT2D eigenvalue weighted by Crippen LogP contribution is -2.23. The van der Waals surface area contributed by atoms with E-state index in [0.717, 1.165) is 26.7 Å². The third-order valence-corrected chi connectivity index (χ3v) is 6.62. The largest absolute Gasteiger partial charge is 0.494 e. The average molecular weight is 418 g/mol. The van der Waals surface area contributed by atoms with E-state index in [4.69, 9.17) is 4.74 Å². The molecule has 28 heavy (non-hydrogen) atoms. The van der Waals surface area contributed by atoms with Crippen LogP contribution in [-0.4, -0.2) is 27.7 Å². The third-order valence-electron chi connectivity index (χ3n) is 4.36. The molecule has 0 aliphatic carbocycles. The standard InChI is InChI=1S/C20H23N3O3S2/c1-5-26-15-8-6-14(7-9-15)21-18(24)13(4)27-10-16-22-19(25)17-11(2)12(3)28-20(17)23-16/h6-9,13H,5,10H2,1-4H3,(H,21,24)(H,22,23,25). The Bertz CT molecular complexity index is 1040. The number of aryl methyl sites for hydroxylation is 2. The molecule has 1 amide bonds. The first kappa shape index (κ1) is 20.4. The van der Waals surface area contributed by atoms with Crippen molar-refractivity contribution >= 4 is 44.9 Å². The smallest absolute Gasteiger partial charge is 0.259 e. The van der Waals surface area contributed by atoms with Crippen LogP contribution in [0.3, 0.4) is 0 Å². The molecule has 2 aromatic heterocycles. The minimum absolute atomic E-state index is 0.0969. The monoisotopic (exact) mass is 417 g/mol. The number of thioether (sulfide) groups is 1. The van der Waals surface area contributed by atoms with E-state index in [1.54, 1.807) is 0 Å². The van der Waals surface area contributed by atoms with Gasteiger partial charge in [0.25, 0.3) is 5.56 Å². The fraction of sp³-hybridized carbons (Fsp3) is 0.350. The summed E-state index contributed by atoms with van der Waals surface area (Å²) in [4.78, 5) is 34.0. The summed E-state index contributed by atoms with van der Waals surface area (Å²) in [6.07, 6.45) is 0. The molecule has 0 saturated carbocycles. The first-order chi connectivity index (χ1) is 13.4. The molecule has 1 aromatic carbocycles. The lowest BCUT2D eigenvalue weighted by molar-refractivity contribution is -0.115. The molecule has 0 aliphatic heterocycles. The number of rotatable bonds is 7. The lowest BCUT2D eigenvalue weighted by atomic mass is 10.2. The minimum Gasteiger partial charge on any atom is -0.494 e. The molecular weight excluding hydrogens is 394 g/mol. The van der Waals surface area contributed by atoms with Crippen LogP contribution in [0.5, 0.6) is 5.75 Å². The predicted molar refractivity (Wildman–Crippen MR) is 117 cm³/mol. The molecule has 0 radical (unpaired) electrons. The van der Waals surface area contributed by atoms with Crippen LogP contribution in [0.25, 0.3) is 10.2 Å². The van der Waals surface area contributed by atoms with E-state index in [1.807, 2.05) is 52.0 Å². The SMILES string of the molecule is CCOc1ccc(NC(=O)C(C)SCc2nc3sc(C)c(C)c3c(=O)[nH]2)cc1. The van der Waals surface area contributed by atoms with E-state index in [9.17, 15) is 9.59 Å². The maximum absolute atomic E-state index is 12.4. The molecule has 148 valence electrons. The number of benzene rings is 1.